The molecule has 0 radical (unpaired) electrons. The third-order valence-corrected chi connectivity index (χ3v) is 4.46. The molecule has 1 aliphatic rings. The minimum Gasteiger partial charge on any atom is -0.354 e. The molecule has 0 amide bonds. The molecule has 1 atom stereocenters. The molecule has 0 spiro atoms. The Labute approximate surface area is 118 Å². The zero-order valence-electron chi connectivity index (χ0n) is 11.5. The summed E-state index contributed by atoms with van der Waals surface area (Å²) >= 11 is 3.48. The van der Waals surface area contributed by atoms with Gasteiger partial charge in [0.25, 0.3) is 0 Å². The van der Waals surface area contributed by atoms with Crippen molar-refractivity contribution in [1.29, 1.82) is 0 Å². The summed E-state index contributed by atoms with van der Waals surface area (Å²) in [6, 6.07) is 2.88. The Morgan fingerprint density at radius 3 is 2.83 bits per heavy atom. The van der Waals surface area contributed by atoms with E-state index in [1.807, 2.05) is 6.20 Å². The van der Waals surface area contributed by atoms with Gasteiger partial charge >= 0.3 is 0 Å². The van der Waals surface area contributed by atoms with Gasteiger partial charge in [-0.3, -0.25) is 4.90 Å². The van der Waals surface area contributed by atoms with E-state index in [0.29, 0.717) is 6.04 Å². The fraction of sp³-hybridized carbons (Fsp3) is 0.643. The monoisotopic (exact) mass is 311 g/mol. The number of aromatic nitrogens is 1. The first-order valence-electron chi connectivity index (χ1n) is 6.62. The maximum Gasteiger partial charge on any atom is 0.131 e. The predicted octanol–water partition coefficient (Wildman–Crippen LogP) is 2.82. The smallest absolute Gasteiger partial charge is 0.131 e. The number of alkyl halides is 1. The summed E-state index contributed by atoms with van der Waals surface area (Å²) in [5.74, 6) is 1.16. The van der Waals surface area contributed by atoms with Crippen molar-refractivity contribution in [3.8, 4) is 0 Å². The zero-order valence-corrected chi connectivity index (χ0v) is 13.1. The van der Waals surface area contributed by atoms with Gasteiger partial charge in [-0.1, -0.05) is 28.9 Å². The molecule has 0 bridgehead atoms. The minimum atomic E-state index is 0.649. The molecular formula is C14H22BrN3. The van der Waals surface area contributed by atoms with Crippen molar-refractivity contribution in [1.82, 2.24) is 9.88 Å². The van der Waals surface area contributed by atoms with E-state index < -0.39 is 0 Å². The van der Waals surface area contributed by atoms with E-state index in [2.05, 4.69) is 57.7 Å². The molecule has 2 rings (SSSR count). The van der Waals surface area contributed by atoms with Crippen molar-refractivity contribution in [2.24, 2.45) is 0 Å². The van der Waals surface area contributed by atoms with Gasteiger partial charge in [-0.15, -0.1) is 0 Å². The number of aryl methyl sites for hydroxylation is 1. The molecule has 18 heavy (non-hydrogen) atoms. The molecule has 1 aromatic heterocycles. The molecule has 1 unspecified atom stereocenters. The van der Waals surface area contributed by atoms with Crippen LogP contribution in [-0.4, -0.2) is 42.6 Å². The number of rotatable bonds is 3. The molecule has 1 aliphatic heterocycles. The van der Waals surface area contributed by atoms with Crippen molar-refractivity contribution in [3.63, 3.8) is 0 Å². The summed E-state index contributed by atoms with van der Waals surface area (Å²) in [4.78, 5) is 9.53. The first kappa shape index (κ1) is 13.8. The van der Waals surface area contributed by atoms with E-state index in [4.69, 9.17) is 0 Å². The van der Waals surface area contributed by atoms with Crippen molar-refractivity contribution in [2.75, 3.05) is 31.6 Å². The number of hydrogen-bond acceptors (Lipinski definition) is 3. The van der Waals surface area contributed by atoms with Crippen LogP contribution in [0.2, 0.25) is 0 Å². The normalized spacial score (nSPS) is 21.3. The van der Waals surface area contributed by atoms with Gasteiger partial charge in [0.1, 0.15) is 5.82 Å². The number of anilines is 1. The third kappa shape index (κ3) is 2.86. The highest BCUT2D eigenvalue weighted by Crippen LogP contribution is 2.22. The van der Waals surface area contributed by atoms with Gasteiger partial charge in [-0.2, -0.15) is 0 Å². The molecule has 2 heterocycles. The Balaban J connectivity index is 2.16. The van der Waals surface area contributed by atoms with Gasteiger partial charge < -0.3 is 4.90 Å². The van der Waals surface area contributed by atoms with E-state index in [0.717, 1.165) is 30.8 Å². The Kier molecular flexibility index (Phi) is 4.62. The van der Waals surface area contributed by atoms with E-state index in [1.54, 1.807) is 0 Å². The quantitative estimate of drug-likeness (QED) is 0.800. The van der Waals surface area contributed by atoms with Crippen molar-refractivity contribution < 1.29 is 0 Å². The summed E-state index contributed by atoms with van der Waals surface area (Å²) in [6.07, 6.45) is 3.18. The molecule has 0 saturated carbocycles. The van der Waals surface area contributed by atoms with E-state index in [1.165, 1.54) is 17.5 Å². The number of hydrogen-bond donors (Lipinski definition) is 0. The molecule has 1 aromatic rings. The van der Waals surface area contributed by atoms with Gasteiger partial charge in [-0.05, 0) is 31.5 Å². The summed E-state index contributed by atoms with van der Waals surface area (Å²) in [7, 11) is 2.22. The SMILES string of the molecule is CCC1CN(c2ncc(CBr)cc2C)CCN1C. The lowest BCUT2D eigenvalue weighted by atomic mass is 10.1. The van der Waals surface area contributed by atoms with Crippen LogP contribution in [-0.2, 0) is 5.33 Å². The van der Waals surface area contributed by atoms with E-state index in [9.17, 15) is 0 Å². The number of nitrogens with zero attached hydrogens (tertiary/aromatic N) is 3. The first-order valence-corrected chi connectivity index (χ1v) is 7.74. The van der Waals surface area contributed by atoms with E-state index >= 15 is 0 Å². The van der Waals surface area contributed by atoms with Crippen molar-refractivity contribution in [3.05, 3.63) is 23.4 Å². The van der Waals surface area contributed by atoms with Gasteiger partial charge in [0.15, 0.2) is 0 Å². The topological polar surface area (TPSA) is 19.4 Å². The lowest BCUT2D eigenvalue weighted by Crippen LogP contribution is -2.51. The van der Waals surface area contributed by atoms with Crippen LogP contribution in [0.3, 0.4) is 0 Å². The number of likely N-dealkylation sites (N-methyl/N-ethyl adjacent to an activating group) is 1. The average molecular weight is 312 g/mol. The second-order valence-electron chi connectivity index (χ2n) is 5.11. The molecule has 1 fully saturated rings. The van der Waals surface area contributed by atoms with Gasteiger partial charge in [0.05, 0.1) is 0 Å². The Bertz CT molecular complexity index is 408. The van der Waals surface area contributed by atoms with Crippen LogP contribution in [0.5, 0.6) is 0 Å². The molecule has 4 heteroatoms. The zero-order chi connectivity index (χ0) is 13.1. The van der Waals surface area contributed by atoms with Crippen LogP contribution in [0.1, 0.15) is 24.5 Å². The van der Waals surface area contributed by atoms with Crippen LogP contribution in [0.25, 0.3) is 0 Å². The fourth-order valence-corrected chi connectivity index (χ4v) is 2.92. The summed E-state index contributed by atoms with van der Waals surface area (Å²) < 4.78 is 0. The summed E-state index contributed by atoms with van der Waals surface area (Å²) in [6.45, 7) is 7.72. The van der Waals surface area contributed by atoms with Crippen LogP contribution in [0.4, 0.5) is 5.82 Å². The van der Waals surface area contributed by atoms with Crippen molar-refractivity contribution >= 4 is 21.7 Å². The average Bonchev–Trinajstić information content (AvgIpc) is 2.39. The largest absolute Gasteiger partial charge is 0.354 e. The molecule has 1 saturated heterocycles. The van der Waals surface area contributed by atoms with Gasteiger partial charge in [0, 0.05) is 37.2 Å². The highest BCUT2D eigenvalue weighted by Gasteiger charge is 2.24. The van der Waals surface area contributed by atoms with Crippen LogP contribution in [0, 0.1) is 6.92 Å². The van der Waals surface area contributed by atoms with Gasteiger partial charge in [0.2, 0.25) is 0 Å². The number of halogens is 1. The van der Waals surface area contributed by atoms with Crippen LogP contribution in [0.15, 0.2) is 12.3 Å². The maximum absolute atomic E-state index is 4.64. The van der Waals surface area contributed by atoms with Crippen LogP contribution >= 0.6 is 15.9 Å². The first-order chi connectivity index (χ1) is 8.65. The van der Waals surface area contributed by atoms with Crippen molar-refractivity contribution in [2.45, 2.75) is 31.6 Å². The van der Waals surface area contributed by atoms with E-state index in [-0.39, 0.29) is 0 Å². The Morgan fingerprint density at radius 2 is 2.22 bits per heavy atom. The fourth-order valence-electron chi connectivity index (χ4n) is 2.61. The molecular weight excluding hydrogens is 290 g/mol. The molecule has 3 nitrogen and oxygen atoms in total. The minimum absolute atomic E-state index is 0.649. The second-order valence-corrected chi connectivity index (χ2v) is 5.67. The lowest BCUT2D eigenvalue weighted by Gasteiger charge is -2.40. The third-order valence-electron chi connectivity index (χ3n) is 3.81. The highest BCUT2D eigenvalue weighted by atomic mass is 79.9. The lowest BCUT2D eigenvalue weighted by molar-refractivity contribution is 0.213. The Morgan fingerprint density at radius 1 is 1.44 bits per heavy atom. The molecule has 0 aliphatic carbocycles. The maximum atomic E-state index is 4.64. The molecule has 0 N–H and O–H groups in total. The number of pyridine rings is 1. The standard InChI is InChI=1S/C14H22BrN3/c1-4-13-10-18(6-5-17(13)3)14-11(2)7-12(8-15)9-16-14/h7,9,13H,4-6,8,10H2,1-3H3. The van der Waals surface area contributed by atoms with Gasteiger partial charge in [-0.25, -0.2) is 4.98 Å². The predicted molar refractivity (Wildman–Crippen MR) is 80.5 cm³/mol. The number of piperazine rings is 1. The molecule has 0 aromatic carbocycles. The summed E-state index contributed by atoms with van der Waals surface area (Å²) in [5, 5.41) is 0.876. The molecule has 100 valence electrons. The Hall–Kier alpha value is -0.610. The summed E-state index contributed by atoms with van der Waals surface area (Å²) in [5.41, 5.74) is 2.53. The van der Waals surface area contributed by atoms with Crippen LogP contribution < -0.4 is 4.90 Å². The highest BCUT2D eigenvalue weighted by molar-refractivity contribution is 9.08. The second kappa shape index (κ2) is 6.02.